The number of carbonyl (C=O) groups excluding carboxylic acids is 3. The molecule has 0 bridgehead atoms. The van der Waals surface area contributed by atoms with Crippen molar-refractivity contribution in [3.63, 3.8) is 0 Å². The number of ether oxygens (including phenoxy) is 1. The Balaban J connectivity index is 2.53. The van der Waals surface area contributed by atoms with Crippen molar-refractivity contribution in [3.05, 3.63) is 29.8 Å². The van der Waals surface area contributed by atoms with Gasteiger partial charge in [0.05, 0.1) is 6.54 Å². The minimum Gasteiger partial charge on any atom is -0.484 e. The van der Waals surface area contributed by atoms with Gasteiger partial charge in [-0.2, -0.15) is 0 Å². The summed E-state index contributed by atoms with van der Waals surface area (Å²) in [7, 11) is 0. The van der Waals surface area contributed by atoms with E-state index < -0.39 is 23.8 Å². The molecular formula is C12H15N3O5. The number of primary amides is 2. The van der Waals surface area contributed by atoms with Crippen LogP contribution in [0.4, 0.5) is 0 Å². The topological polar surface area (TPSA) is 145 Å². The number of benzene rings is 1. The van der Waals surface area contributed by atoms with E-state index in [9.17, 15) is 14.4 Å². The highest BCUT2D eigenvalue weighted by Crippen LogP contribution is 2.11. The molecule has 20 heavy (non-hydrogen) atoms. The Bertz CT molecular complexity index is 500. The average molecular weight is 281 g/mol. The minimum atomic E-state index is -1.43. The highest BCUT2D eigenvalue weighted by atomic mass is 16.5. The Morgan fingerprint density at radius 1 is 1.20 bits per heavy atom. The van der Waals surface area contributed by atoms with E-state index in [1.165, 1.54) is 24.3 Å². The van der Waals surface area contributed by atoms with E-state index in [1.54, 1.807) is 0 Å². The molecule has 0 aromatic heterocycles. The molecule has 0 aliphatic rings. The Morgan fingerprint density at radius 2 is 1.80 bits per heavy atom. The lowest BCUT2D eigenvalue weighted by molar-refractivity contribution is -0.125. The Morgan fingerprint density at radius 3 is 2.30 bits per heavy atom. The summed E-state index contributed by atoms with van der Waals surface area (Å²) in [6.45, 7) is -0.523. The third kappa shape index (κ3) is 4.94. The van der Waals surface area contributed by atoms with Crippen molar-refractivity contribution in [2.75, 3.05) is 13.2 Å². The van der Waals surface area contributed by atoms with E-state index in [4.69, 9.17) is 21.3 Å². The van der Waals surface area contributed by atoms with E-state index in [2.05, 4.69) is 5.32 Å². The van der Waals surface area contributed by atoms with Gasteiger partial charge in [0.25, 0.3) is 11.8 Å². The molecule has 0 aliphatic heterocycles. The van der Waals surface area contributed by atoms with Crippen LogP contribution in [0.1, 0.15) is 10.4 Å². The van der Waals surface area contributed by atoms with Gasteiger partial charge in [0.1, 0.15) is 11.9 Å². The molecule has 0 saturated heterocycles. The first kappa shape index (κ1) is 15.4. The average Bonchev–Trinajstić information content (AvgIpc) is 2.42. The molecule has 3 amide bonds. The van der Waals surface area contributed by atoms with Crippen LogP contribution in [0.25, 0.3) is 0 Å². The Hall–Kier alpha value is -2.61. The molecule has 0 heterocycles. The number of nitrogens with two attached hydrogens (primary N) is 2. The number of carbonyl (C=O) groups is 3. The van der Waals surface area contributed by atoms with Crippen LogP contribution < -0.4 is 21.5 Å². The monoisotopic (exact) mass is 281 g/mol. The molecule has 0 radical (unpaired) electrons. The number of rotatable bonds is 7. The minimum absolute atomic E-state index is 0.254. The Labute approximate surface area is 114 Å². The van der Waals surface area contributed by atoms with Crippen LogP contribution in [0.5, 0.6) is 5.75 Å². The zero-order valence-corrected chi connectivity index (χ0v) is 10.5. The largest absolute Gasteiger partial charge is 0.484 e. The molecule has 0 aliphatic carbocycles. The van der Waals surface area contributed by atoms with Gasteiger partial charge in [-0.15, -0.1) is 0 Å². The third-order valence-electron chi connectivity index (χ3n) is 2.28. The van der Waals surface area contributed by atoms with Crippen LogP contribution in [0.3, 0.4) is 0 Å². The molecule has 1 aromatic rings. The normalized spacial score (nSPS) is 11.4. The third-order valence-corrected chi connectivity index (χ3v) is 2.28. The summed E-state index contributed by atoms with van der Waals surface area (Å²) in [4.78, 5) is 32.8. The van der Waals surface area contributed by atoms with Crippen LogP contribution in [0, 0.1) is 0 Å². The summed E-state index contributed by atoms with van der Waals surface area (Å²) < 4.78 is 5.02. The maximum atomic E-state index is 11.7. The number of aliphatic hydroxyl groups excluding tert-OH is 1. The van der Waals surface area contributed by atoms with Crippen molar-refractivity contribution < 1.29 is 24.2 Å². The number of hydrogen-bond acceptors (Lipinski definition) is 5. The van der Waals surface area contributed by atoms with Crippen LogP contribution >= 0.6 is 0 Å². The standard InChI is InChI=1S/C12H15N3O5/c13-10(17)6-20-8-3-1-7(2-4-8)12(19)15-5-9(16)11(14)18/h1-4,9,16H,5-6H2,(H2,13,17)(H2,14,18)(H,15,19). The number of aliphatic hydroxyl groups is 1. The highest BCUT2D eigenvalue weighted by Gasteiger charge is 2.13. The van der Waals surface area contributed by atoms with E-state index in [1.807, 2.05) is 0 Å². The molecule has 8 nitrogen and oxygen atoms in total. The van der Waals surface area contributed by atoms with E-state index in [0.29, 0.717) is 11.3 Å². The molecule has 108 valence electrons. The summed E-state index contributed by atoms with van der Waals surface area (Å²) in [5, 5.41) is 11.5. The molecule has 0 saturated carbocycles. The SMILES string of the molecule is NC(=O)COc1ccc(C(=O)NCC(O)C(N)=O)cc1. The fraction of sp³-hybridized carbons (Fsp3) is 0.250. The van der Waals surface area contributed by atoms with Crippen molar-refractivity contribution >= 4 is 17.7 Å². The highest BCUT2D eigenvalue weighted by molar-refractivity contribution is 5.94. The summed E-state index contributed by atoms with van der Waals surface area (Å²) >= 11 is 0. The molecule has 1 rings (SSSR count). The maximum absolute atomic E-state index is 11.7. The van der Waals surface area contributed by atoms with Gasteiger partial charge in [-0.3, -0.25) is 14.4 Å². The van der Waals surface area contributed by atoms with Crippen molar-refractivity contribution in [3.8, 4) is 5.75 Å². The lowest BCUT2D eigenvalue weighted by Gasteiger charge is -2.09. The van der Waals surface area contributed by atoms with E-state index >= 15 is 0 Å². The van der Waals surface area contributed by atoms with Gasteiger partial charge in [-0.05, 0) is 24.3 Å². The first-order valence-electron chi connectivity index (χ1n) is 5.67. The van der Waals surface area contributed by atoms with Crippen LogP contribution in [-0.4, -0.2) is 42.1 Å². The molecule has 1 aromatic carbocycles. The molecule has 6 N–H and O–H groups in total. The van der Waals surface area contributed by atoms with Crippen LogP contribution in [0.2, 0.25) is 0 Å². The molecular weight excluding hydrogens is 266 g/mol. The molecule has 0 fully saturated rings. The number of hydrogen-bond donors (Lipinski definition) is 4. The second kappa shape index (κ2) is 7.10. The zero-order chi connectivity index (χ0) is 15.1. The molecule has 1 unspecified atom stereocenters. The van der Waals surface area contributed by atoms with Gasteiger partial charge in [0, 0.05) is 5.56 Å². The zero-order valence-electron chi connectivity index (χ0n) is 10.5. The summed E-state index contributed by atoms with van der Waals surface area (Å²) in [5.41, 5.74) is 10.1. The molecule has 1 atom stereocenters. The predicted molar refractivity (Wildman–Crippen MR) is 68.7 cm³/mol. The lowest BCUT2D eigenvalue weighted by Crippen LogP contribution is -2.39. The van der Waals surface area contributed by atoms with Gasteiger partial charge in [0.2, 0.25) is 5.91 Å². The van der Waals surface area contributed by atoms with Gasteiger partial charge in [-0.1, -0.05) is 0 Å². The first-order chi connectivity index (χ1) is 9.40. The van der Waals surface area contributed by atoms with Crippen molar-refractivity contribution in [2.24, 2.45) is 11.5 Å². The molecule has 0 spiro atoms. The van der Waals surface area contributed by atoms with Crippen molar-refractivity contribution in [2.45, 2.75) is 6.10 Å². The van der Waals surface area contributed by atoms with Crippen LogP contribution in [0.15, 0.2) is 24.3 Å². The lowest BCUT2D eigenvalue weighted by atomic mass is 10.2. The predicted octanol–water partition coefficient (Wildman–Crippen LogP) is -1.87. The summed E-state index contributed by atoms with van der Waals surface area (Å²) in [6.07, 6.45) is -1.43. The molecule has 8 heteroatoms. The fourth-order valence-electron chi connectivity index (χ4n) is 1.25. The van der Waals surface area contributed by atoms with Crippen molar-refractivity contribution in [1.82, 2.24) is 5.32 Å². The fourth-order valence-corrected chi connectivity index (χ4v) is 1.25. The van der Waals surface area contributed by atoms with Crippen LogP contribution in [-0.2, 0) is 9.59 Å². The summed E-state index contributed by atoms with van der Waals surface area (Å²) in [5.74, 6) is -1.61. The van der Waals surface area contributed by atoms with Gasteiger partial charge < -0.3 is 26.6 Å². The van der Waals surface area contributed by atoms with E-state index in [-0.39, 0.29) is 13.2 Å². The van der Waals surface area contributed by atoms with Gasteiger partial charge >= 0.3 is 0 Å². The quantitative estimate of drug-likeness (QED) is 0.462. The van der Waals surface area contributed by atoms with Gasteiger partial charge in [0.15, 0.2) is 6.61 Å². The second-order valence-electron chi connectivity index (χ2n) is 3.91. The summed E-state index contributed by atoms with van der Waals surface area (Å²) in [6, 6.07) is 5.90. The van der Waals surface area contributed by atoms with E-state index in [0.717, 1.165) is 0 Å². The van der Waals surface area contributed by atoms with Gasteiger partial charge in [-0.25, -0.2) is 0 Å². The Kier molecular flexibility index (Phi) is 5.48. The number of amides is 3. The maximum Gasteiger partial charge on any atom is 0.255 e. The second-order valence-corrected chi connectivity index (χ2v) is 3.91. The number of nitrogens with one attached hydrogen (secondary N) is 1. The smallest absolute Gasteiger partial charge is 0.255 e. The first-order valence-corrected chi connectivity index (χ1v) is 5.67. The van der Waals surface area contributed by atoms with Crippen molar-refractivity contribution in [1.29, 1.82) is 0 Å².